The van der Waals surface area contributed by atoms with Gasteiger partial charge in [-0.05, 0) is 90.8 Å². The van der Waals surface area contributed by atoms with E-state index in [2.05, 4.69) is 74.5 Å². The highest BCUT2D eigenvalue weighted by Crippen LogP contribution is 2.36. The molecule has 0 aromatic heterocycles. The number of rotatable bonds is 17. The minimum Gasteiger partial charge on any atom is -0.494 e. The van der Waals surface area contributed by atoms with Crippen LogP contribution in [0, 0.1) is 0 Å². The summed E-state index contributed by atoms with van der Waals surface area (Å²) in [7, 11) is 0. The van der Waals surface area contributed by atoms with Crippen molar-refractivity contribution < 1.29 is 9.47 Å². The predicted octanol–water partition coefficient (Wildman–Crippen LogP) is 12.1. The molecule has 54 heavy (non-hydrogen) atoms. The number of benzene rings is 2. The summed E-state index contributed by atoms with van der Waals surface area (Å²) in [6.07, 6.45) is 32.4. The molecule has 0 radical (unpaired) electrons. The van der Waals surface area contributed by atoms with E-state index in [1.54, 1.807) is 0 Å². The SMILES string of the molecule is CCCCCCCCCCCCOc1ccc(C2=C3C=CC(=N3)C=C3C=CC(=N3)C=C3N=C(C=C4C=CC2=N4)C(c2ccccc2)=C3OCCC)cc1.Cl. The number of hydrogen-bond acceptors (Lipinski definition) is 6. The van der Waals surface area contributed by atoms with Crippen molar-refractivity contribution in [3.63, 3.8) is 0 Å². The van der Waals surface area contributed by atoms with Crippen molar-refractivity contribution in [2.45, 2.75) is 84.5 Å². The van der Waals surface area contributed by atoms with Crippen LogP contribution in [0.3, 0.4) is 0 Å². The number of aliphatic imine (C=N–C) groups is 4. The molecule has 278 valence electrons. The zero-order valence-electron chi connectivity index (χ0n) is 31.6. The fourth-order valence-corrected chi connectivity index (χ4v) is 7.02. The summed E-state index contributed by atoms with van der Waals surface area (Å²) in [4.78, 5) is 20.2. The van der Waals surface area contributed by atoms with Gasteiger partial charge in [-0.15, -0.1) is 12.4 Å². The Morgan fingerprint density at radius 1 is 0.481 bits per heavy atom. The van der Waals surface area contributed by atoms with Crippen LogP contribution >= 0.6 is 12.4 Å². The molecule has 5 aliphatic heterocycles. The first-order valence-electron chi connectivity index (χ1n) is 19.6. The van der Waals surface area contributed by atoms with Crippen LogP contribution in [0.1, 0.15) is 95.6 Å². The van der Waals surface area contributed by atoms with Crippen LogP contribution in [0.4, 0.5) is 0 Å². The Labute approximate surface area is 327 Å². The minimum absolute atomic E-state index is 0. The molecule has 0 N–H and O–H groups in total. The zero-order chi connectivity index (χ0) is 36.2. The lowest BCUT2D eigenvalue weighted by atomic mass is 9.98. The third-order valence-electron chi connectivity index (χ3n) is 9.76. The second-order valence-electron chi connectivity index (χ2n) is 14.0. The molecule has 0 unspecified atom stereocenters. The topological polar surface area (TPSA) is 67.9 Å². The Balaban J connectivity index is 0.00000497. The maximum absolute atomic E-state index is 6.43. The van der Waals surface area contributed by atoms with Crippen molar-refractivity contribution in [1.82, 2.24) is 0 Å². The summed E-state index contributed by atoms with van der Waals surface area (Å²) in [6.45, 7) is 5.72. The lowest BCUT2D eigenvalue weighted by Gasteiger charge is -2.11. The number of fused-ring (bicyclic) bond motifs is 4. The molecule has 0 aliphatic carbocycles. The summed E-state index contributed by atoms with van der Waals surface area (Å²) in [5.41, 5.74) is 10.6. The zero-order valence-corrected chi connectivity index (χ0v) is 32.4. The van der Waals surface area contributed by atoms with Gasteiger partial charge >= 0.3 is 0 Å². The number of unbranched alkanes of at least 4 members (excludes halogenated alkanes) is 9. The fraction of sp³-hybridized carbons (Fsp3) is 0.319. The van der Waals surface area contributed by atoms with E-state index in [0.717, 1.165) is 98.9 Å². The molecular formula is C47H51ClN4O2. The molecule has 0 atom stereocenters. The molecule has 0 saturated heterocycles. The normalized spacial score (nSPS) is 16.8. The summed E-state index contributed by atoms with van der Waals surface area (Å²) >= 11 is 0. The maximum Gasteiger partial charge on any atom is 0.154 e. The molecule has 7 heteroatoms. The highest BCUT2D eigenvalue weighted by molar-refractivity contribution is 6.35. The van der Waals surface area contributed by atoms with Crippen molar-refractivity contribution in [2.24, 2.45) is 20.0 Å². The van der Waals surface area contributed by atoms with E-state index in [1.165, 1.54) is 57.8 Å². The van der Waals surface area contributed by atoms with Crippen molar-refractivity contribution in [2.75, 3.05) is 13.2 Å². The van der Waals surface area contributed by atoms with Crippen LogP contribution in [0.15, 0.2) is 158 Å². The first kappa shape index (κ1) is 38.6. The largest absolute Gasteiger partial charge is 0.494 e. The van der Waals surface area contributed by atoms with Crippen LogP contribution in [-0.4, -0.2) is 36.1 Å². The van der Waals surface area contributed by atoms with Gasteiger partial charge in [0.05, 0.1) is 58.7 Å². The molecule has 6 nitrogen and oxygen atoms in total. The van der Waals surface area contributed by atoms with E-state index in [9.17, 15) is 0 Å². The quantitative estimate of drug-likeness (QED) is 0.152. The van der Waals surface area contributed by atoms with E-state index in [1.807, 2.05) is 48.6 Å². The average Bonchev–Trinajstić information content (AvgIpc) is 4.00. The van der Waals surface area contributed by atoms with E-state index >= 15 is 0 Å². The molecule has 5 aliphatic rings. The lowest BCUT2D eigenvalue weighted by molar-refractivity contribution is 0.223. The van der Waals surface area contributed by atoms with Gasteiger partial charge in [-0.2, -0.15) is 0 Å². The molecule has 7 rings (SSSR count). The van der Waals surface area contributed by atoms with Crippen LogP contribution < -0.4 is 4.74 Å². The smallest absolute Gasteiger partial charge is 0.154 e. The highest BCUT2D eigenvalue weighted by Gasteiger charge is 2.28. The first-order chi connectivity index (χ1) is 26.2. The lowest BCUT2D eigenvalue weighted by Crippen LogP contribution is -2.02. The third-order valence-corrected chi connectivity index (χ3v) is 9.76. The van der Waals surface area contributed by atoms with Crippen molar-refractivity contribution >= 4 is 46.4 Å². The van der Waals surface area contributed by atoms with Gasteiger partial charge in [-0.25, -0.2) is 20.0 Å². The van der Waals surface area contributed by atoms with Crippen molar-refractivity contribution in [1.29, 1.82) is 0 Å². The molecular weight excluding hydrogens is 688 g/mol. The Bertz CT molecular complexity index is 2050. The Morgan fingerprint density at radius 3 is 1.91 bits per heavy atom. The van der Waals surface area contributed by atoms with Gasteiger partial charge in [-0.3, -0.25) is 0 Å². The number of nitrogens with zero attached hydrogens (tertiary/aromatic N) is 4. The predicted molar refractivity (Wildman–Crippen MR) is 229 cm³/mol. The number of halogens is 1. The van der Waals surface area contributed by atoms with Crippen molar-refractivity contribution in [3.8, 4) is 5.75 Å². The van der Waals surface area contributed by atoms with E-state index < -0.39 is 0 Å². The van der Waals surface area contributed by atoms with Crippen molar-refractivity contribution in [3.05, 3.63) is 149 Å². The van der Waals surface area contributed by atoms with Crippen LogP contribution in [0.25, 0.3) is 11.1 Å². The summed E-state index contributed by atoms with van der Waals surface area (Å²) < 4.78 is 12.6. The van der Waals surface area contributed by atoms with Gasteiger partial charge in [-0.1, -0.05) is 114 Å². The van der Waals surface area contributed by atoms with Gasteiger partial charge < -0.3 is 9.47 Å². The second kappa shape index (κ2) is 19.3. The summed E-state index contributed by atoms with van der Waals surface area (Å²) in [5, 5.41) is 0. The molecule has 8 bridgehead atoms. The van der Waals surface area contributed by atoms with E-state index in [4.69, 9.17) is 29.4 Å². The maximum atomic E-state index is 6.43. The third kappa shape index (κ3) is 9.72. The molecule has 2 aromatic rings. The second-order valence-corrected chi connectivity index (χ2v) is 14.0. The van der Waals surface area contributed by atoms with Gasteiger partial charge in [0.15, 0.2) is 5.76 Å². The molecule has 2 aromatic carbocycles. The molecule has 0 fully saturated rings. The monoisotopic (exact) mass is 738 g/mol. The fourth-order valence-electron chi connectivity index (χ4n) is 7.02. The molecule has 0 spiro atoms. The van der Waals surface area contributed by atoms with Gasteiger partial charge in [0.1, 0.15) is 11.4 Å². The van der Waals surface area contributed by atoms with Crippen LogP contribution in [-0.2, 0) is 4.74 Å². The summed E-state index contributed by atoms with van der Waals surface area (Å²) in [6, 6.07) is 18.7. The van der Waals surface area contributed by atoms with Gasteiger partial charge in [0.2, 0.25) is 0 Å². The van der Waals surface area contributed by atoms with Gasteiger partial charge in [0.25, 0.3) is 0 Å². The molecule has 5 heterocycles. The van der Waals surface area contributed by atoms with E-state index in [-0.39, 0.29) is 12.4 Å². The Hall–Kier alpha value is -5.07. The standard InChI is InChI=1S/C47H50N4O2.ClH/c1-3-5-6-7-8-9-10-11-12-16-30-52-40-25-19-35(20-26-40)45-41-27-23-37(49-41)31-36-21-22-38(48-36)33-44-47(53-29-4-2)46(34-17-14-13-15-18-34)43(51-44)32-39-24-28-42(45)50-39;/h13-15,17-28,31-33H,3-12,16,29-30H2,1-2H3;1H. The summed E-state index contributed by atoms with van der Waals surface area (Å²) in [5.74, 6) is 1.65. The minimum atomic E-state index is 0. The molecule has 0 saturated carbocycles. The Kier molecular flexibility index (Phi) is 13.8. The van der Waals surface area contributed by atoms with Crippen LogP contribution in [0.2, 0.25) is 0 Å². The number of ether oxygens (including phenoxy) is 2. The number of allylic oxidation sites excluding steroid dienone is 11. The Morgan fingerprint density at radius 2 is 1.15 bits per heavy atom. The van der Waals surface area contributed by atoms with Gasteiger partial charge in [0, 0.05) is 5.57 Å². The average molecular weight is 739 g/mol. The first-order valence-corrected chi connectivity index (χ1v) is 19.6. The van der Waals surface area contributed by atoms with Crippen LogP contribution in [0.5, 0.6) is 5.75 Å². The highest BCUT2D eigenvalue weighted by atomic mass is 35.5. The molecule has 0 amide bonds. The number of hydrogen-bond donors (Lipinski definition) is 0. The van der Waals surface area contributed by atoms with E-state index in [0.29, 0.717) is 6.61 Å².